The van der Waals surface area contributed by atoms with Gasteiger partial charge in [-0.2, -0.15) is 4.72 Å². The van der Waals surface area contributed by atoms with Gasteiger partial charge < -0.3 is 9.84 Å². The van der Waals surface area contributed by atoms with Crippen LogP contribution >= 0.6 is 11.6 Å². The molecule has 2 aromatic carbocycles. The minimum Gasteiger partial charge on any atom is -0.495 e. The summed E-state index contributed by atoms with van der Waals surface area (Å²) in [5.41, 5.74) is 0. The molecule has 0 saturated carbocycles. The first-order valence-corrected chi connectivity index (χ1v) is 8.53. The fraction of sp³-hybridized carbons (Fsp3) is 0.200. The zero-order valence-electron chi connectivity index (χ0n) is 12.4. The lowest BCUT2D eigenvalue weighted by Gasteiger charge is -2.14. The van der Waals surface area contributed by atoms with E-state index in [0.717, 1.165) is 0 Å². The number of carbonyl (C=O) groups is 1. The lowest BCUT2D eigenvalue weighted by Crippen LogP contribution is -2.37. The number of halogens is 1. The monoisotopic (exact) mass is 370 g/mol. The Morgan fingerprint density at radius 2 is 2.04 bits per heavy atom. The van der Waals surface area contributed by atoms with Gasteiger partial charge in [0.05, 0.1) is 29.5 Å². The molecule has 0 bridgehead atoms. The van der Waals surface area contributed by atoms with Gasteiger partial charge in [-0.25, -0.2) is 8.42 Å². The van der Waals surface area contributed by atoms with E-state index in [1.54, 1.807) is 6.07 Å². The topological polar surface area (TPSA) is 110 Å². The average molecular weight is 371 g/mol. The first-order valence-electron chi connectivity index (χ1n) is 6.67. The number of aliphatic carboxylic acids is 1. The summed E-state index contributed by atoms with van der Waals surface area (Å²) >= 11 is 6.19. The van der Waals surface area contributed by atoms with Crippen molar-refractivity contribution in [3.8, 4) is 5.75 Å². The summed E-state index contributed by atoms with van der Waals surface area (Å²) in [5.74, 6) is -0.937. The molecule has 127 valence electrons. The molecule has 2 N–H and O–H groups in total. The SMILES string of the molecule is COc1ccc2c(S(=O)(=O)N[C@H]([C]=O)CC(=O)O)cccc2c1Cl. The Bertz CT molecular complexity index is 896. The molecule has 0 aliphatic rings. The number of hydrogen-bond donors (Lipinski definition) is 2. The van der Waals surface area contributed by atoms with Crippen molar-refractivity contribution in [1.82, 2.24) is 4.72 Å². The Labute approximate surface area is 143 Å². The standard InChI is InChI=1S/C15H13ClNO6S/c1-23-12-6-5-10-11(15(12)16)3-2-4-13(10)24(21,22)17-9(8-18)7-14(19)20/h2-6,9,17H,7H2,1H3,(H,19,20)/t9-/m0/s1. The molecule has 0 aliphatic heterocycles. The van der Waals surface area contributed by atoms with E-state index in [2.05, 4.69) is 0 Å². The van der Waals surface area contributed by atoms with Crippen LogP contribution in [-0.2, 0) is 19.6 Å². The Balaban J connectivity index is 2.53. The average Bonchev–Trinajstić information content (AvgIpc) is 2.53. The number of fused-ring (bicyclic) bond motifs is 1. The molecule has 0 amide bonds. The minimum absolute atomic E-state index is 0.129. The molecule has 0 spiro atoms. The van der Waals surface area contributed by atoms with Gasteiger partial charge in [0.15, 0.2) is 0 Å². The maximum Gasteiger partial charge on any atom is 0.305 e. The third-order valence-corrected chi connectivity index (χ3v) is 5.17. The van der Waals surface area contributed by atoms with Crippen molar-refractivity contribution >= 4 is 44.7 Å². The maximum atomic E-state index is 12.5. The molecule has 24 heavy (non-hydrogen) atoms. The zero-order chi connectivity index (χ0) is 17.9. The summed E-state index contributed by atoms with van der Waals surface area (Å²) < 4.78 is 32.1. The Hall–Kier alpha value is -2.16. The van der Waals surface area contributed by atoms with E-state index in [1.807, 2.05) is 4.72 Å². The van der Waals surface area contributed by atoms with Crippen molar-refractivity contribution in [2.75, 3.05) is 7.11 Å². The summed E-state index contributed by atoms with van der Waals surface area (Å²) in [4.78, 5) is 21.3. The Morgan fingerprint density at radius 1 is 1.33 bits per heavy atom. The van der Waals surface area contributed by atoms with E-state index < -0.39 is 28.5 Å². The van der Waals surface area contributed by atoms with Gasteiger partial charge in [0.2, 0.25) is 16.3 Å². The highest BCUT2D eigenvalue weighted by Gasteiger charge is 2.24. The molecular weight excluding hydrogens is 358 g/mol. The molecule has 0 aromatic heterocycles. The van der Waals surface area contributed by atoms with Crippen LogP contribution in [0.15, 0.2) is 35.2 Å². The van der Waals surface area contributed by atoms with Crippen LogP contribution in [0.5, 0.6) is 5.75 Å². The molecule has 1 radical (unpaired) electrons. The second kappa shape index (κ2) is 7.16. The summed E-state index contributed by atoms with van der Waals surface area (Å²) in [7, 11) is -2.72. The number of carbonyl (C=O) groups excluding carboxylic acids is 1. The predicted octanol–water partition coefficient (Wildman–Crippen LogP) is 1.73. The number of hydrogen-bond acceptors (Lipinski definition) is 5. The number of sulfonamides is 1. The summed E-state index contributed by atoms with van der Waals surface area (Å²) in [6.07, 6.45) is 0.664. The van der Waals surface area contributed by atoms with Crippen molar-refractivity contribution in [2.24, 2.45) is 0 Å². The van der Waals surface area contributed by atoms with Gasteiger partial charge >= 0.3 is 5.97 Å². The van der Waals surface area contributed by atoms with Crippen LogP contribution in [0, 0.1) is 0 Å². The Kier molecular flexibility index (Phi) is 5.43. The van der Waals surface area contributed by atoms with E-state index in [9.17, 15) is 18.0 Å². The first-order chi connectivity index (χ1) is 11.3. The number of ether oxygens (including phenoxy) is 1. The summed E-state index contributed by atoms with van der Waals surface area (Å²) in [6.45, 7) is 0. The van der Waals surface area contributed by atoms with Gasteiger partial charge in [0, 0.05) is 10.8 Å². The van der Waals surface area contributed by atoms with Crippen LogP contribution in [0.4, 0.5) is 0 Å². The molecule has 1 atom stereocenters. The third kappa shape index (κ3) is 3.66. The van der Waals surface area contributed by atoms with Gasteiger partial charge in [-0.3, -0.25) is 9.59 Å². The molecule has 9 heteroatoms. The quantitative estimate of drug-likeness (QED) is 0.768. The number of rotatable bonds is 7. The molecule has 0 fully saturated rings. The predicted molar refractivity (Wildman–Crippen MR) is 87.6 cm³/mol. The minimum atomic E-state index is -4.16. The highest BCUT2D eigenvalue weighted by molar-refractivity contribution is 7.89. The van der Waals surface area contributed by atoms with Gasteiger partial charge in [0.25, 0.3) is 0 Å². The highest BCUT2D eigenvalue weighted by atomic mass is 35.5. The maximum absolute atomic E-state index is 12.5. The van der Waals surface area contributed by atoms with Crippen molar-refractivity contribution < 1.29 is 27.9 Å². The molecule has 2 rings (SSSR count). The van der Waals surface area contributed by atoms with E-state index in [0.29, 0.717) is 16.5 Å². The highest BCUT2D eigenvalue weighted by Crippen LogP contribution is 2.35. The summed E-state index contributed by atoms with van der Waals surface area (Å²) in [6, 6.07) is 5.99. The van der Waals surface area contributed by atoms with Crippen molar-refractivity contribution in [1.29, 1.82) is 0 Å². The number of methoxy groups -OCH3 is 1. The van der Waals surface area contributed by atoms with Crippen molar-refractivity contribution in [2.45, 2.75) is 17.4 Å². The van der Waals surface area contributed by atoms with Crippen molar-refractivity contribution in [3.63, 3.8) is 0 Å². The fourth-order valence-electron chi connectivity index (χ4n) is 2.20. The summed E-state index contributed by atoms with van der Waals surface area (Å²) in [5, 5.41) is 9.71. The number of benzene rings is 2. The van der Waals surface area contributed by atoms with Gasteiger partial charge in [-0.15, -0.1) is 0 Å². The van der Waals surface area contributed by atoms with Crippen LogP contribution in [0.1, 0.15) is 6.42 Å². The van der Waals surface area contributed by atoms with Crippen molar-refractivity contribution in [3.05, 3.63) is 35.4 Å². The van der Waals surface area contributed by atoms with E-state index in [1.165, 1.54) is 37.7 Å². The van der Waals surface area contributed by atoms with Crippen LogP contribution in [-0.4, -0.2) is 38.9 Å². The molecule has 7 nitrogen and oxygen atoms in total. The fourth-order valence-corrected chi connectivity index (χ4v) is 3.86. The van der Waals surface area contributed by atoms with Gasteiger partial charge in [-0.05, 0) is 18.2 Å². The molecule has 0 aliphatic carbocycles. The van der Waals surface area contributed by atoms with Crippen LogP contribution < -0.4 is 9.46 Å². The van der Waals surface area contributed by atoms with E-state index in [4.69, 9.17) is 21.4 Å². The third-order valence-electron chi connectivity index (χ3n) is 3.25. The van der Waals surface area contributed by atoms with Crippen LogP contribution in [0.25, 0.3) is 10.8 Å². The van der Waals surface area contributed by atoms with E-state index in [-0.39, 0.29) is 9.92 Å². The largest absolute Gasteiger partial charge is 0.495 e. The zero-order valence-corrected chi connectivity index (χ0v) is 14.0. The molecule has 0 unspecified atom stereocenters. The normalized spacial score (nSPS) is 12.8. The van der Waals surface area contributed by atoms with Gasteiger partial charge in [0.1, 0.15) is 5.75 Å². The first kappa shape index (κ1) is 18.2. The molecular formula is C15H13ClNO6S. The molecule has 0 heterocycles. The second-order valence-electron chi connectivity index (χ2n) is 4.82. The molecule has 0 saturated heterocycles. The second-order valence-corrected chi connectivity index (χ2v) is 6.88. The smallest absolute Gasteiger partial charge is 0.305 e. The number of carboxylic acids is 1. The Morgan fingerprint density at radius 3 is 2.62 bits per heavy atom. The van der Waals surface area contributed by atoms with Gasteiger partial charge in [-0.1, -0.05) is 23.7 Å². The van der Waals surface area contributed by atoms with Crippen LogP contribution in [0.2, 0.25) is 5.02 Å². The molecule has 2 aromatic rings. The lowest BCUT2D eigenvalue weighted by atomic mass is 10.1. The van der Waals surface area contributed by atoms with Crippen LogP contribution in [0.3, 0.4) is 0 Å². The lowest BCUT2D eigenvalue weighted by molar-refractivity contribution is -0.137. The number of carboxylic acid groups (broad SMARTS) is 1. The van der Waals surface area contributed by atoms with E-state index >= 15 is 0 Å². The number of nitrogens with one attached hydrogen (secondary N) is 1.